The molecule has 94 valence electrons. The highest BCUT2D eigenvalue weighted by atomic mass is 19.3. The minimum atomic E-state index is -2.87. The molecule has 0 radical (unpaired) electrons. The lowest BCUT2D eigenvalue weighted by atomic mass is 10.1. The van der Waals surface area contributed by atoms with Gasteiger partial charge < -0.3 is 10.5 Å². The average molecular weight is 248 g/mol. The molecule has 0 atom stereocenters. The Morgan fingerprint density at radius 1 is 1.59 bits per heavy atom. The van der Waals surface area contributed by atoms with Crippen LogP contribution in [0.3, 0.4) is 0 Å². The molecule has 1 aromatic heterocycles. The van der Waals surface area contributed by atoms with Gasteiger partial charge in [0.25, 0.3) is 6.43 Å². The molecule has 4 nitrogen and oxygen atoms in total. The van der Waals surface area contributed by atoms with Crippen LogP contribution in [-0.2, 0) is 16.0 Å². The van der Waals surface area contributed by atoms with Gasteiger partial charge in [-0.15, -0.1) is 0 Å². The van der Waals surface area contributed by atoms with Crippen molar-refractivity contribution in [3.8, 4) is 0 Å². The van der Waals surface area contributed by atoms with Gasteiger partial charge in [-0.05, 0) is 13.0 Å². The largest absolute Gasteiger partial charge is 0.466 e. The summed E-state index contributed by atoms with van der Waals surface area (Å²) in [6, 6.07) is 0.833. The Kier molecular flexibility index (Phi) is 4.30. The second kappa shape index (κ2) is 5.51. The number of hydrogen-bond acceptors (Lipinski definition) is 4. The number of pyridine rings is 1. The topological polar surface area (TPSA) is 65.2 Å². The number of hydrogen-bond donors (Lipinski definition) is 1. The van der Waals surface area contributed by atoms with Crippen LogP contribution in [0.25, 0.3) is 0 Å². The van der Waals surface area contributed by atoms with Gasteiger partial charge in [-0.25, -0.2) is 13.8 Å². The number of aromatic nitrogens is 1. The molecule has 1 aromatic rings. The highest BCUT2D eigenvalue weighted by molar-refractivity contribution is 5.72. The molecule has 0 fully saturated rings. The number of ether oxygens (including phenoxy) is 1. The molecule has 0 aliphatic heterocycles. The standard InChI is InChI=1S/C10H11F3N2O2/c1-2-17-7(16)4-5-3-6(8(11)12)10(14)15-9(5)13/h3,8H,2,4H2,1H3,(H2,14,15). The van der Waals surface area contributed by atoms with Crippen LogP contribution in [-0.4, -0.2) is 17.6 Å². The van der Waals surface area contributed by atoms with E-state index in [9.17, 15) is 18.0 Å². The zero-order chi connectivity index (χ0) is 13.0. The zero-order valence-electron chi connectivity index (χ0n) is 9.04. The molecule has 2 N–H and O–H groups in total. The second-order valence-electron chi connectivity index (χ2n) is 3.20. The van der Waals surface area contributed by atoms with Crippen molar-refractivity contribution < 1.29 is 22.7 Å². The smallest absolute Gasteiger partial charge is 0.310 e. The Bertz CT molecular complexity index is 424. The number of nitrogens with two attached hydrogens (primary N) is 1. The summed E-state index contributed by atoms with van der Waals surface area (Å²) in [5.41, 5.74) is 4.28. The van der Waals surface area contributed by atoms with Crippen LogP contribution in [0.5, 0.6) is 0 Å². The quantitative estimate of drug-likeness (QED) is 0.652. The molecule has 0 amide bonds. The van der Waals surface area contributed by atoms with Crippen LogP contribution in [0, 0.1) is 5.95 Å². The molecule has 0 saturated carbocycles. The number of carbonyl (C=O) groups is 1. The third kappa shape index (κ3) is 3.33. The van der Waals surface area contributed by atoms with Gasteiger partial charge in [0.1, 0.15) is 5.82 Å². The van der Waals surface area contributed by atoms with Crippen molar-refractivity contribution in [3.63, 3.8) is 0 Å². The molecule has 1 rings (SSSR count). The van der Waals surface area contributed by atoms with Gasteiger partial charge in [-0.1, -0.05) is 0 Å². The third-order valence-electron chi connectivity index (χ3n) is 1.98. The molecular formula is C10H11F3N2O2. The summed E-state index contributed by atoms with van der Waals surface area (Å²) < 4.78 is 42.8. The first-order valence-electron chi connectivity index (χ1n) is 4.84. The van der Waals surface area contributed by atoms with Gasteiger partial charge in [0.05, 0.1) is 18.6 Å². The van der Waals surface area contributed by atoms with Crippen molar-refractivity contribution in [3.05, 3.63) is 23.1 Å². The van der Waals surface area contributed by atoms with E-state index in [4.69, 9.17) is 5.73 Å². The van der Waals surface area contributed by atoms with Crippen LogP contribution >= 0.6 is 0 Å². The van der Waals surface area contributed by atoms with Crippen molar-refractivity contribution in [2.45, 2.75) is 19.8 Å². The van der Waals surface area contributed by atoms with E-state index in [1.807, 2.05) is 0 Å². The van der Waals surface area contributed by atoms with Gasteiger partial charge in [0.15, 0.2) is 0 Å². The molecule has 0 spiro atoms. The van der Waals surface area contributed by atoms with Gasteiger partial charge in [0, 0.05) is 5.56 Å². The molecule has 0 unspecified atom stereocenters. The SMILES string of the molecule is CCOC(=O)Cc1cc(C(F)F)c(N)nc1F. The summed E-state index contributed by atoms with van der Waals surface area (Å²) in [6.45, 7) is 1.71. The monoisotopic (exact) mass is 248 g/mol. The third-order valence-corrected chi connectivity index (χ3v) is 1.98. The lowest BCUT2D eigenvalue weighted by Gasteiger charge is -2.08. The van der Waals surface area contributed by atoms with E-state index >= 15 is 0 Å². The number of anilines is 1. The van der Waals surface area contributed by atoms with E-state index in [2.05, 4.69) is 9.72 Å². The molecule has 0 bridgehead atoms. The summed E-state index contributed by atoms with van der Waals surface area (Å²) >= 11 is 0. The fourth-order valence-corrected chi connectivity index (χ4v) is 1.23. The maximum Gasteiger partial charge on any atom is 0.310 e. The van der Waals surface area contributed by atoms with E-state index in [1.165, 1.54) is 0 Å². The average Bonchev–Trinajstić information content (AvgIpc) is 2.21. The van der Waals surface area contributed by atoms with Crippen LogP contribution in [0.15, 0.2) is 6.07 Å². The molecule has 0 aromatic carbocycles. The van der Waals surface area contributed by atoms with Gasteiger partial charge in [-0.2, -0.15) is 4.39 Å². The summed E-state index contributed by atoms with van der Waals surface area (Å²) in [6.07, 6.45) is -3.32. The maximum absolute atomic E-state index is 13.3. The summed E-state index contributed by atoms with van der Waals surface area (Å²) in [4.78, 5) is 14.2. The predicted octanol–water partition coefficient (Wildman–Crippen LogP) is 1.85. The first kappa shape index (κ1) is 13.3. The number of halogens is 3. The summed E-state index contributed by atoms with van der Waals surface area (Å²) in [5.74, 6) is -2.33. The number of nitrogen functional groups attached to an aromatic ring is 1. The number of alkyl halides is 2. The van der Waals surface area contributed by atoms with Crippen LogP contribution in [0.4, 0.5) is 19.0 Å². The van der Waals surface area contributed by atoms with Crippen molar-refractivity contribution >= 4 is 11.8 Å². The number of carbonyl (C=O) groups excluding carboxylic acids is 1. The van der Waals surface area contributed by atoms with Gasteiger partial charge in [0.2, 0.25) is 5.95 Å². The van der Waals surface area contributed by atoms with Crippen molar-refractivity contribution in [1.82, 2.24) is 4.98 Å². The van der Waals surface area contributed by atoms with Gasteiger partial charge >= 0.3 is 5.97 Å². The summed E-state index contributed by atoms with van der Waals surface area (Å²) in [5, 5.41) is 0. The molecular weight excluding hydrogens is 237 g/mol. The summed E-state index contributed by atoms with van der Waals surface area (Å²) in [7, 11) is 0. The number of nitrogens with zero attached hydrogens (tertiary/aromatic N) is 1. The minimum Gasteiger partial charge on any atom is -0.466 e. The lowest BCUT2D eigenvalue weighted by Crippen LogP contribution is -2.11. The molecule has 0 aliphatic carbocycles. The van der Waals surface area contributed by atoms with E-state index < -0.39 is 36.1 Å². The Hall–Kier alpha value is -1.79. The Morgan fingerprint density at radius 3 is 2.76 bits per heavy atom. The number of esters is 1. The van der Waals surface area contributed by atoms with E-state index in [0.717, 1.165) is 6.07 Å². The Morgan fingerprint density at radius 2 is 2.24 bits per heavy atom. The Labute approximate surface area is 95.6 Å². The second-order valence-corrected chi connectivity index (χ2v) is 3.20. The van der Waals surface area contributed by atoms with E-state index in [-0.39, 0.29) is 12.2 Å². The first-order valence-corrected chi connectivity index (χ1v) is 4.84. The Balaban J connectivity index is 2.99. The fraction of sp³-hybridized carbons (Fsp3) is 0.400. The predicted molar refractivity (Wildman–Crippen MR) is 53.9 cm³/mol. The molecule has 0 saturated heterocycles. The van der Waals surface area contributed by atoms with E-state index in [0.29, 0.717) is 0 Å². The molecule has 17 heavy (non-hydrogen) atoms. The van der Waals surface area contributed by atoms with Crippen molar-refractivity contribution in [1.29, 1.82) is 0 Å². The fourth-order valence-electron chi connectivity index (χ4n) is 1.23. The molecule has 1 heterocycles. The maximum atomic E-state index is 13.3. The van der Waals surface area contributed by atoms with Crippen LogP contribution in [0.2, 0.25) is 0 Å². The normalized spacial score (nSPS) is 10.6. The first-order chi connectivity index (χ1) is 7.95. The number of rotatable bonds is 4. The highest BCUT2D eigenvalue weighted by Crippen LogP contribution is 2.25. The van der Waals surface area contributed by atoms with Crippen LogP contribution < -0.4 is 5.73 Å². The van der Waals surface area contributed by atoms with Crippen molar-refractivity contribution in [2.24, 2.45) is 0 Å². The highest BCUT2D eigenvalue weighted by Gasteiger charge is 2.18. The minimum absolute atomic E-state index is 0.130. The lowest BCUT2D eigenvalue weighted by molar-refractivity contribution is -0.142. The van der Waals surface area contributed by atoms with E-state index in [1.54, 1.807) is 6.92 Å². The molecule has 0 aliphatic rings. The van der Waals surface area contributed by atoms with Crippen LogP contribution in [0.1, 0.15) is 24.5 Å². The molecule has 7 heteroatoms. The van der Waals surface area contributed by atoms with Gasteiger partial charge in [-0.3, -0.25) is 4.79 Å². The zero-order valence-corrected chi connectivity index (χ0v) is 9.04. The van der Waals surface area contributed by atoms with Crippen molar-refractivity contribution in [2.75, 3.05) is 12.3 Å².